The zero-order valence-corrected chi connectivity index (χ0v) is 17.3. The molecule has 0 aliphatic carbocycles. The fourth-order valence-corrected chi connectivity index (χ4v) is 5.32. The van der Waals surface area contributed by atoms with E-state index in [1.807, 2.05) is 30.3 Å². The lowest BCUT2D eigenvalue weighted by Crippen LogP contribution is -2.70. The molecule has 3 rings (SSSR count). The fourth-order valence-electron chi connectivity index (χ4n) is 5.32. The zero-order chi connectivity index (χ0) is 20.6. The molecular formula is C21H32N4O3. The number of hydrogen-bond acceptors (Lipinski definition) is 5. The molecule has 0 unspecified atom stereocenters. The van der Waals surface area contributed by atoms with Crippen LogP contribution in [-0.2, 0) is 0 Å². The molecule has 0 bridgehead atoms. The molecule has 0 aromatic heterocycles. The van der Waals surface area contributed by atoms with Crippen molar-refractivity contribution in [1.29, 1.82) is 0 Å². The molecule has 7 heteroatoms. The number of amides is 2. The second-order valence-corrected chi connectivity index (χ2v) is 8.97. The van der Waals surface area contributed by atoms with Gasteiger partial charge in [0.2, 0.25) is 0 Å². The van der Waals surface area contributed by atoms with Crippen molar-refractivity contribution < 1.29 is 15.0 Å². The van der Waals surface area contributed by atoms with Gasteiger partial charge in [0.05, 0.1) is 25.4 Å². The van der Waals surface area contributed by atoms with Crippen molar-refractivity contribution in [2.45, 2.75) is 57.2 Å². The van der Waals surface area contributed by atoms with Gasteiger partial charge in [0.15, 0.2) is 0 Å². The number of nitrogens with one attached hydrogen (secondary N) is 1. The van der Waals surface area contributed by atoms with Gasteiger partial charge in [-0.1, -0.05) is 18.2 Å². The maximum absolute atomic E-state index is 13.1. The number of anilines is 1. The number of aliphatic hydroxyl groups is 2. The van der Waals surface area contributed by atoms with Crippen LogP contribution in [-0.4, -0.2) is 69.9 Å². The number of hydrogen-bond donors (Lipinski definition) is 3. The van der Waals surface area contributed by atoms with Crippen LogP contribution >= 0.6 is 0 Å². The minimum absolute atomic E-state index is 0.0696. The van der Waals surface area contributed by atoms with E-state index < -0.39 is 5.54 Å². The van der Waals surface area contributed by atoms with Crippen LogP contribution in [0.3, 0.4) is 0 Å². The lowest BCUT2D eigenvalue weighted by molar-refractivity contribution is -0.0569. The number of carbonyl (C=O) groups excluding carboxylic acids is 1. The third-order valence-electron chi connectivity index (χ3n) is 5.82. The first-order valence-electron chi connectivity index (χ1n) is 9.89. The van der Waals surface area contributed by atoms with Gasteiger partial charge >= 0.3 is 6.03 Å². The number of piperidine rings is 1. The van der Waals surface area contributed by atoms with Gasteiger partial charge in [-0.15, -0.1) is 0 Å². The van der Waals surface area contributed by atoms with Crippen LogP contribution in [0, 0.1) is 0 Å². The van der Waals surface area contributed by atoms with Crippen molar-refractivity contribution in [3.63, 3.8) is 0 Å². The van der Waals surface area contributed by atoms with E-state index >= 15 is 0 Å². The number of aliphatic hydroxyl groups excluding tert-OH is 2. The van der Waals surface area contributed by atoms with E-state index in [1.54, 1.807) is 4.90 Å². The van der Waals surface area contributed by atoms with E-state index in [4.69, 9.17) is 0 Å². The average molecular weight is 389 g/mol. The van der Waals surface area contributed by atoms with Crippen molar-refractivity contribution >= 4 is 17.6 Å². The maximum Gasteiger partial charge on any atom is 0.328 e. The largest absolute Gasteiger partial charge is 0.395 e. The van der Waals surface area contributed by atoms with Gasteiger partial charge in [-0.2, -0.15) is 0 Å². The van der Waals surface area contributed by atoms with Crippen LogP contribution in [0.15, 0.2) is 35.3 Å². The number of nitrogens with zero attached hydrogens (tertiary/aromatic N) is 3. The highest BCUT2D eigenvalue weighted by atomic mass is 16.3. The molecule has 2 aliphatic rings. The summed E-state index contributed by atoms with van der Waals surface area (Å²) in [7, 11) is 0. The van der Waals surface area contributed by atoms with Crippen molar-refractivity contribution in [2.24, 2.45) is 4.99 Å². The minimum Gasteiger partial charge on any atom is -0.395 e. The second kappa shape index (κ2) is 7.46. The Morgan fingerprint density at radius 2 is 1.64 bits per heavy atom. The minimum atomic E-state index is -0.624. The van der Waals surface area contributed by atoms with Crippen molar-refractivity contribution in [2.75, 3.05) is 31.2 Å². The predicted octanol–water partition coefficient (Wildman–Crippen LogP) is 1.99. The van der Waals surface area contributed by atoms with E-state index in [-0.39, 0.29) is 36.9 Å². The number of amidine groups is 1. The summed E-state index contributed by atoms with van der Waals surface area (Å²) in [6, 6.07) is 9.31. The lowest BCUT2D eigenvalue weighted by Gasteiger charge is -2.58. The molecule has 2 fully saturated rings. The predicted molar refractivity (Wildman–Crippen MR) is 111 cm³/mol. The number of aliphatic imine (C=N–C) groups is 1. The Balaban J connectivity index is 2.08. The monoisotopic (exact) mass is 388 g/mol. The topological polar surface area (TPSA) is 88.4 Å². The van der Waals surface area contributed by atoms with E-state index in [2.05, 4.69) is 42.9 Å². The third-order valence-corrected chi connectivity index (χ3v) is 5.82. The van der Waals surface area contributed by atoms with Gasteiger partial charge < -0.3 is 15.5 Å². The Morgan fingerprint density at radius 1 is 1.04 bits per heavy atom. The number of para-hydroxylation sites is 1. The lowest BCUT2D eigenvalue weighted by atomic mass is 9.68. The summed E-state index contributed by atoms with van der Waals surface area (Å²) in [6.07, 6.45) is 1.34. The number of rotatable bonds is 5. The normalized spacial score (nSPS) is 24.7. The van der Waals surface area contributed by atoms with Crippen LogP contribution in [0.2, 0.25) is 0 Å². The molecule has 1 spiro atoms. The standard InChI is InChI=1S/C21H32N4O3/c1-19(2)14-21(15-20(3,4)24(19)11-13-27)17(22-10-12-26)25(18(28)23-21)16-8-6-5-7-9-16/h5-9,26-27H,10-15H2,1-4H3,(H,23,28). The Morgan fingerprint density at radius 3 is 2.18 bits per heavy atom. The van der Waals surface area contributed by atoms with E-state index in [9.17, 15) is 15.0 Å². The molecule has 0 radical (unpaired) electrons. The highest BCUT2D eigenvalue weighted by molar-refractivity contribution is 6.25. The summed E-state index contributed by atoms with van der Waals surface area (Å²) >= 11 is 0. The molecule has 0 atom stereocenters. The van der Waals surface area contributed by atoms with Crippen molar-refractivity contribution in [3.8, 4) is 0 Å². The van der Waals surface area contributed by atoms with E-state index in [1.165, 1.54) is 0 Å². The first-order valence-corrected chi connectivity index (χ1v) is 9.89. The molecular weight excluding hydrogens is 356 g/mol. The first-order chi connectivity index (χ1) is 13.2. The molecule has 2 saturated heterocycles. The Hall–Kier alpha value is -1.96. The quantitative estimate of drug-likeness (QED) is 0.720. The van der Waals surface area contributed by atoms with Gasteiger partial charge in [0.1, 0.15) is 11.4 Å². The smallest absolute Gasteiger partial charge is 0.328 e. The highest BCUT2D eigenvalue weighted by Gasteiger charge is 2.59. The Kier molecular flexibility index (Phi) is 5.53. The molecule has 2 heterocycles. The summed E-state index contributed by atoms with van der Waals surface area (Å²) in [5.41, 5.74) is -0.377. The SMILES string of the molecule is CC1(C)CC2(CC(C)(C)N1CCO)NC(=O)N(c1ccccc1)C2=NCCO. The molecule has 2 amide bonds. The molecule has 1 aromatic rings. The highest BCUT2D eigenvalue weighted by Crippen LogP contribution is 2.46. The van der Waals surface area contributed by atoms with Gasteiger partial charge in [-0.3, -0.25) is 9.89 Å². The van der Waals surface area contributed by atoms with Crippen LogP contribution < -0.4 is 10.2 Å². The summed E-state index contributed by atoms with van der Waals surface area (Å²) in [5, 5.41) is 22.2. The number of benzene rings is 1. The van der Waals surface area contributed by atoms with Gasteiger partial charge in [0.25, 0.3) is 0 Å². The van der Waals surface area contributed by atoms with E-state index in [0.29, 0.717) is 25.2 Å². The van der Waals surface area contributed by atoms with Crippen molar-refractivity contribution in [1.82, 2.24) is 10.2 Å². The van der Waals surface area contributed by atoms with Crippen LogP contribution in [0.4, 0.5) is 10.5 Å². The van der Waals surface area contributed by atoms with E-state index in [0.717, 1.165) is 5.69 Å². The molecule has 7 nitrogen and oxygen atoms in total. The number of carbonyl (C=O) groups is 1. The molecule has 154 valence electrons. The molecule has 0 saturated carbocycles. The van der Waals surface area contributed by atoms with Gasteiger partial charge in [0, 0.05) is 17.6 Å². The summed E-state index contributed by atoms with van der Waals surface area (Å²) < 4.78 is 0. The molecule has 28 heavy (non-hydrogen) atoms. The number of urea groups is 1. The third kappa shape index (κ3) is 3.54. The van der Waals surface area contributed by atoms with Gasteiger partial charge in [-0.25, -0.2) is 9.69 Å². The number of likely N-dealkylation sites (tertiary alicyclic amines) is 1. The average Bonchev–Trinajstić information content (AvgIpc) is 2.86. The summed E-state index contributed by atoms with van der Waals surface area (Å²) in [5.74, 6) is 0.669. The second-order valence-electron chi connectivity index (χ2n) is 8.97. The molecule has 2 aliphatic heterocycles. The van der Waals surface area contributed by atoms with Crippen LogP contribution in [0.1, 0.15) is 40.5 Å². The number of β-amino-alcohol motifs (C(OH)–C–C–N with tert-alkyl or cyclic N) is 1. The van der Waals surface area contributed by atoms with Crippen molar-refractivity contribution in [3.05, 3.63) is 30.3 Å². The Labute approximate surface area is 167 Å². The van der Waals surface area contributed by atoms with Gasteiger partial charge in [-0.05, 0) is 52.7 Å². The first kappa shape index (κ1) is 20.8. The fraction of sp³-hybridized carbons (Fsp3) is 0.619. The summed E-state index contributed by atoms with van der Waals surface area (Å²) in [4.78, 5) is 21.7. The Bertz CT molecular complexity index is 727. The summed E-state index contributed by atoms with van der Waals surface area (Å²) in [6.45, 7) is 9.43. The maximum atomic E-state index is 13.1. The molecule has 1 aromatic carbocycles. The van der Waals surface area contributed by atoms with Crippen LogP contribution in [0.25, 0.3) is 0 Å². The van der Waals surface area contributed by atoms with Crippen LogP contribution in [0.5, 0.6) is 0 Å². The zero-order valence-electron chi connectivity index (χ0n) is 17.3. The molecule has 3 N–H and O–H groups in total.